The van der Waals surface area contributed by atoms with Gasteiger partial charge in [-0.25, -0.2) is 9.97 Å². The van der Waals surface area contributed by atoms with Gasteiger partial charge in [-0.15, -0.1) is 0 Å². The van der Waals surface area contributed by atoms with Crippen molar-refractivity contribution in [1.29, 1.82) is 0 Å². The maximum Gasteiger partial charge on any atom is 0.188 e. The third kappa shape index (κ3) is 3.69. The molecule has 0 radical (unpaired) electrons. The Balaban J connectivity index is 1.92. The Hall–Kier alpha value is -0.610. The van der Waals surface area contributed by atoms with Gasteiger partial charge in [0.1, 0.15) is 0 Å². The average Bonchev–Trinajstić information content (AvgIpc) is 2.82. The number of hydrogen-bond donors (Lipinski definition) is 1. The zero-order valence-corrected chi connectivity index (χ0v) is 12.4. The first-order valence-electron chi connectivity index (χ1n) is 6.81. The average molecular weight is 265 g/mol. The summed E-state index contributed by atoms with van der Waals surface area (Å²) in [6, 6.07) is 2.62. The van der Waals surface area contributed by atoms with Gasteiger partial charge in [-0.1, -0.05) is 24.6 Å². The van der Waals surface area contributed by atoms with Crippen molar-refractivity contribution < 1.29 is 0 Å². The predicted molar refractivity (Wildman–Crippen MR) is 77.0 cm³/mol. The molecule has 1 aliphatic carbocycles. The number of nitrogens with one attached hydrogen (secondary N) is 1. The number of nitrogens with zero attached hydrogens (tertiary/aromatic N) is 2. The predicted octanol–water partition coefficient (Wildman–Crippen LogP) is 2.96. The Morgan fingerprint density at radius 3 is 2.44 bits per heavy atom. The molecule has 1 aliphatic rings. The third-order valence-electron chi connectivity index (χ3n) is 3.69. The number of thioether (sulfide) groups is 1. The minimum absolute atomic E-state index is 0.599. The molecule has 0 bridgehead atoms. The molecule has 1 saturated carbocycles. The second kappa shape index (κ2) is 6.53. The van der Waals surface area contributed by atoms with Gasteiger partial charge in [0.15, 0.2) is 5.16 Å². The van der Waals surface area contributed by atoms with Gasteiger partial charge in [0.25, 0.3) is 0 Å². The SMILES string of the molecule is CNC(CSc1nc(C)cc(C)n1)C1CCCC1. The number of hydrogen-bond acceptors (Lipinski definition) is 4. The summed E-state index contributed by atoms with van der Waals surface area (Å²) >= 11 is 1.78. The van der Waals surface area contributed by atoms with Crippen LogP contribution in [0, 0.1) is 19.8 Å². The molecule has 2 rings (SSSR count). The summed E-state index contributed by atoms with van der Waals surface area (Å²) < 4.78 is 0. The van der Waals surface area contributed by atoms with Gasteiger partial charge >= 0.3 is 0 Å². The second-order valence-electron chi connectivity index (χ2n) is 5.18. The van der Waals surface area contributed by atoms with E-state index in [9.17, 15) is 0 Å². The zero-order valence-electron chi connectivity index (χ0n) is 11.6. The first kappa shape index (κ1) is 13.8. The first-order chi connectivity index (χ1) is 8.69. The molecule has 100 valence electrons. The van der Waals surface area contributed by atoms with Gasteiger partial charge in [-0.2, -0.15) is 0 Å². The summed E-state index contributed by atoms with van der Waals surface area (Å²) in [6.45, 7) is 4.07. The molecule has 4 heteroatoms. The number of rotatable bonds is 5. The van der Waals surface area contributed by atoms with Gasteiger partial charge in [0, 0.05) is 23.2 Å². The maximum absolute atomic E-state index is 4.49. The van der Waals surface area contributed by atoms with Crippen LogP contribution in [-0.4, -0.2) is 28.8 Å². The van der Waals surface area contributed by atoms with Crippen LogP contribution >= 0.6 is 11.8 Å². The highest BCUT2D eigenvalue weighted by atomic mass is 32.2. The zero-order chi connectivity index (χ0) is 13.0. The lowest BCUT2D eigenvalue weighted by Gasteiger charge is -2.22. The van der Waals surface area contributed by atoms with E-state index in [0.29, 0.717) is 6.04 Å². The lowest BCUT2D eigenvalue weighted by atomic mass is 10.0. The summed E-state index contributed by atoms with van der Waals surface area (Å²) in [6.07, 6.45) is 5.54. The number of aromatic nitrogens is 2. The first-order valence-corrected chi connectivity index (χ1v) is 7.80. The molecule has 0 spiro atoms. The summed E-state index contributed by atoms with van der Waals surface area (Å²) in [4.78, 5) is 8.98. The molecular weight excluding hydrogens is 242 g/mol. The minimum Gasteiger partial charge on any atom is -0.316 e. The smallest absolute Gasteiger partial charge is 0.188 e. The van der Waals surface area contributed by atoms with E-state index in [2.05, 4.69) is 22.3 Å². The molecule has 1 N–H and O–H groups in total. The van der Waals surface area contributed by atoms with Gasteiger partial charge in [-0.05, 0) is 45.7 Å². The molecule has 1 heterocycles. The van der Waals surface area contributed by atoms with Crippen LogP contribution in [0.1, 0.15) is 37.1 Å². The van der Waals surface area contributed by atoms with Crippen LogP contribution < -0.4 is 5.32 Å². The Morgan fingerprint density at radius 2 is 1.89 bits per heavy atom. The molecule has 0 saturated heterocycles. The van der Waals surface area contributed by atoms with Crippen molar-refractivity contribution in [1.82, 2.24) is 15.3 Å². The standard InChI is InChI=1S/C14H23N3S/c1-10-8-11(2)17-14(16-10)18-9-13(15-3)12-6-4-5-7-12/h8,12-13,15H,4-7,9H2,1-3H3. The van der Waals surface area contributed by atoms with E-state index < -0.39 is 0 Å². The van der Waals surface area contributed by atoms with Crippen LogP contribution in [0.4, 0.5) is 0 Å². The van der Waals surface area contributed by atoms with Gasteiger partial charge in [0.05, 0.1) is 0 Å². The Labute approximate surface area is 114 Å². The van der Waals surface area contributed by atoms with E-state index in [1.165, 1.54) is 25.7 Å². The highest BCUT2D eigenvalue weighted by molar-refractivity contribution is 7.99. The molecule has 18 heavy (non-hydrogen) atoms. The molecular formula is C14H23N3S. The van der Waals surface area contributed by atoms with E-state index in [1.807, 2.05) is 19.9 Å². The quantitative estimate of drug-likeness (QED) is 0.656. The van der Waals surface area contributed by atoms with E-state index >= 15 is 0 Å². The fourth-order valence-corrected chi connectivity index (χ4v) is 3.92. The molecule has 0 aromatic carbocycles. The van der Waals surface area contributed by atoms with Crippen LogP contribution in [0.2, 0.25) is 0 Å². The Bertz CT molecular complexity index is 368. The summed E-state index contributed by atoms with van der Waals surface area (Å²) in [5.41, 5.74) is 2.12. The lowest BCUT2D eigenvalue weighted by Crippen LogP contribution is -2.34. The van der Waals surface area contributed by atoms with Crippen molar-refractivity contribution in [2.24, 2.45) is 5.92 Å². The topological polar surface area (TPSA) is 37.8 Å². The van der Waals surface area contributed by atoms with Crippen molar-refractivity contribution in [2.75, 3.05) is 12.8 Å². The normalized spacial score (nSPS) is 18.2. The van der Waals surface area contributed by atoms with Crippen molar-refractivity contribution in [3.05, 3.63) is 17.5 Å². The van der Waals surface area contributed by atoms with Gasteiger partial charge in [0.2, 0.25) is 0 Å². The molecule has 1 unspecified atom stereocenters. The fourth-order valence-electron chi connectivity index (χ4n) is 2.74. The van der Waals surface area contributed by atoms with Gasteiger partial charge < -0.3 is 5.32 Å². The summed E-state index contributed by atoms with van der Waals surface area (Å²) in [7, 11) is 2.08. The summed E-state index contributed by atoms with van der Waals surface area (Å²) in [5, 5.41) is 4.39. The lowest BCUT2D eigenvalue weighted by molar-refractivity contribution is 0.410. The molecule has 1 aromatic heterocycles. The van der Waals surface area contributed by atoms with Crippen LogP contribution in [0.5, 0.6) is 0 Å². The Kier molecular flexibility index (Phi) is 5.01. The number of aryl methyl sites for hydroxylation is 2. The van der Waals surface area contributed by atoms with Crippen molar-refractivity contribution in [3.63, 3.8) is 0 Å². The highest BCUT2D eigenvalue weighted by Crippen LogP contribution is 2.30. The van der Waals surface area contributed by atoms with Crippen LogP contribution in [-0.2, 0) is 0 Å². The van der Waals surface area contributed by atoms with E-state index in [4.69, 9.17) is 0 Å². The second-order valence-corrected chi connectivity index (χ2v) is 6.17. The van der Waals surface area contributed by atoms with Crippen LogP contribution in [0.3, 0.4) is 0 Å². The van der Waals surface area contributed by atoms with Crippen molar-refractivity contribution in [2.45, 2.75) is 50.7 Å². The van der Waals surface area contributed by atoms with E-state index in [1.54, 1.807) is 11.8 Å². The third-order valence-corrected chi connectivity index (χ3v) is 4.66. The molecule has 0 aliphatic heterocycles. The summed E-state index contributed by atoms with van der Waals surface area (Å²) in [5.74, 6) is 1.91. The van der Waals surface area contributed by atoms with Gasteiger partial charge in [-0.3, -0.25) is 0 Å². The minimum atomic E-state index is 0.599. The van der Waals surface area contributed by atoms with Crippen LogP contribution in [0.25, 0.3) is 0 Å². The van der Waals surface area contributed by atoms with E-state index in [0.717, 1.165) is 28.2 Å². The molecule has 1 fully saturated rings. The molecule has 0 amide bonds. The highest BCUT2D eigenvalue weighted by Gasteiger charge is 2.23. The van der Waals surface area contributed by atoms with Crippen molar-refractivity contribution in [3.8, 4) is 0 Å². The Morgan fingerprint density at radius 1 is 1.28 bits per heavy atom. The molecule has 1 aromatic rings. The monoisotopic (exact) mass is 265 g/mol. The molecule has 1 atom stereocenters. The largest absolute Gasteiger partial charge is 0.316 e. The van der Waals surface area contributed by atoms with E-state index in [-0.39, 0.29) is 0 Å². The maximum atomic E-state index is 4.49. The fraction of sp³-hybridized carbons (Fsp3) is 0.714. The van der Waals surface area contributed by atoms with Crippen molar-refractivity contribution >= 4 is 11.8 Å². The molecule has 3 nitrogen and oxygen atoms in total. The van der Waals surface area contributed by atoms with Crippen LogP contribution in [0.15, 0.2) is 11.2 Å².